The van der Waals surface area contributed by atoms with E-state index in [1.807, 2.05) is 12.1 Å². The van der Waals surface area contributed by atoms with Crippen molar-refractivity contribution >= 4 is 5.69 Å². The summed E-state index contributed by atoms with van der Waals surface area (Å²) in [6, 6.07) is 3.94. The third kappa shape index (κ3) is 6.54. The van der Waals surface area contributed by atoms with E-state index in [2.05, 4.69) is 17.2 Å². The lowest BCUT2D eigenvalue weighted by atomic mass is 10.3. The number of methoxy groups -OCH3 is 1. The van der Waals surface area contributed by atoms with E-state index in [1.54, 1.807) is 13.3 Å². The molecule has 1 aromatic rings. The zero-order chi connectivity index (χ0) is 13.1. The second-order valence-electron chi connectivity index (χ2n) is 3.72. The molecule has 102 valence electrons. The zero-order valence-electron chi connectivity index (χ0n) is 11.1. The molecule has 0 aliphatic carbocycles. The van der Waals surface area contributed by atoms with E-state index in [9.17, 15) is 0 Å². The van der Waals surface area contributed by atoms with E-state index < -0.39 is 0 Å². The van der Waals surface area contributed by atoms with E-state index in [4.69, 9.17) is 14.2 Å². The number of pyridine rings is 1. The number of nitrogens with zero attached hydrogens (tertiary/aromatic N) is 1. The van der Waals surface area contributed by atoms with Gasteiger partial charge in [-0.25, -0.2) is 0 Å². The van der Waals surface area contributed by atoms with E-state index >= 15 is 0 Å². The summed E-state index contributed by atoms with van der Waals surface area (Å²) in [6.07, 6.45) is 1.78. The molecular formula is C13H22N2O3. The maximum atomic E-state index is 5.48. The van der Waals surface area contributed by atoms with Crippen LogP contribution in [0.3, 0.4) is 0 Å². The summed E-state index contributed by atoms with van der Waals surface area (Å²) >= 11 is 0. The Morgan fingerprint density at radius 2 is 1.94 bits per heavy atom. The molecule has 1 N–H and O–H groups in total. The molecule has 0 aliphatic rings. The Kier molecular flexibility index (Phi) is 8.12. The number of rotatable bonds is 10. The standard InChI is InChI=1S/C13H22N2O3/c1-3-14-12-4-5-15-13(10-12)11-18-9-8-17-7-6-16-2/h4-5,10H,3,6-9,11H2,1-2H3,(H,14,15). The van der Waals surface area contributed by atoms with Crippen LogP contribution in [0.15, 0.2) is 18.3 Å². The highest BCUT2D eigenvalue weighted by Gasteiger charge is 1.97. The molecule has 1 aromatic heterocycles. The van der Waals surface area contributed by atoms with Crippen LogP contribution in [-0.4, -0.2) is 45.1 Å². The number of aromatic nitrogens is 1. The Hall–Kier alpha value is -1.17. The van der Waals surface area contributed by atoms with E-state index in [-0.39, 0.29) is 0 Å². The Labute approximate surface area is 108 Å². The van der Waals surface area contributed by atoms with Gasteiger partial charge in [0, 0.05) is 25.5 Å². The predicted molar refractivity (Wildman–Crippen MR) is 70.8 cm³/mol. The number of nitrogens with one attached hydrogen (secondary N) is 1. The first-order valence-electron chi connectivity index (χ1n) is 6.20. The smallest absolute Gasteiger partial charge is 0.0889 e. The van der Waals surface area contributed by atoms with Gasteiger partial charge in [-0.15, -0.1) is 0 Å². The second-order valence-corrected chi connectivity index (χ2v) is 3.72. The lowest BCUT2D eigenvalue weighted by Gasteiger charge is -2.07. The number of hydrogen-bond donors (Lipinski definition) is 1. The molecule has 0 saturated heterocycles. The summed E-state index contributed by atoms with van der Waals surface area (Å²) in [5, 5.41) is 3.24. The summed E-state index contributed by atoms with van der Waals surface area (Å²) in [7, 11) is 1.66. The number of anilines is 1. The summed E-state index contributed by atoms with van der Waals surface area (Å²) < 4.78 is 15.6. The van der Waals surface area contributed by atoms with Gasteiger partial charge in [0.05, 0.1) is 38.7 Å². The molecule has 0 unspecified atom stereocenters. The van der Waals surface area contributed by atoms with Gasteiger partial charge in [-0.2, -0.15) is 0 Å². The van der Waals surface area contributed by atoms with Crippen LogP contribution < -0.4 is 5.32 Å². The van der Waals surface area contributed by atoms with Crippen molar-refractivity contribution < 1.29 is 14.2 Å². The predicted octanol–water partition coefficient (Wildman–Crippen LogP) is 1.69. The lowest BCUT2D eigenvalue weighted by Crippen LogP contribution is -2.08. The maximum Gasteiger partial charge on any atom is 0.0889 e. The van der Waals surface area contributed by atoms with Crippen molar-refractivity contribution in [2.24, 2.45) is 0 Å². The monoisotopic (exact) mass is 254 g/mol. The van der Waals surface area contributed by atoms with Crippen LogP contribution >= 0.6 is 0 Å². The van der Waals surface area contributed by atoms with Crippen molar-refractivity contribution in [3.63, 3.8) is 0 Å². The van der Waals surface area contributed by atoms with Gasteiger partial charge in [-0.1, -0.05) is 0 Å². The molecule has 0 spiro atoms. The van der Waals surface area contributed by atoms with Gasteiger partial charge in [-0.05, 0) is 19.1 Å². The van der Waals surface area contributed by atoms with Gasteiger partial charge in [0.1, 0.15) is 0 Å². The summed E-state index contributed by atoms with van der Waals surface area (Å²) in [6.45, 7) is 5.84. The quantitative estimate of drug-likeness (QED) is 0.644. The Morgan fingerprint density at radius 1 is 1.17 bits per heavy atom. The SMILES string of the molecule is CCNc1ccnc(COCCOCCOC)c1. The highest BCUT2D eigenvalue weighted by atomic mass is 16.5. The minimum atomic E-state index is 0.507. The summed E-state index contributed by atoms with van der Waals surface area (Å²) in [4.78, 5) is 4.24. The number of ether oxygens (including phenoxy) is 3. The molecule has 1 rings (SSSR count). The van der Waals surface area contributed by atoms with E-state index in [1.165, 1.54) is 0 Å². The molecule has 0 atom stereocenters. The molecule has 18 heavy (non-hydrogen) atoms. The van der Waals surface area contributed by atoms with Gasteiger partial charge in [-0.3, -0.25) is 4.98 Å². The Balaban J connectivity index is 2.13. The van der Waals surface area contributed by atoms with Crippen molar-refractivity contribution in [3.8, 4) is 0 Å². The highest BCUT2D eigenvalue weighted by Crippen LogP contribution is 2.08. The second kappa shape index (κ2) is 9.82. The molecular weight excluding hydrogens is 232 g/mol. The first-order valence-corrected chi connectivity index (χ1v) is 6.20. The molecule has 5 nitrogen and oxygen atoms in total. The largest absolute Gasteiger partial charge is 0.385 e. The van der Waals surface area contributed by atoms with Gasteiger partial charge < -0.3 is 19.5 Å². The molecule has 0 bridgehead atoms. The third-order valence-electron chi connectivity index (χ3n) is 2.25. The van der Waals surface area contributed by atoms with E-state index in [0.717, 1.165) is 17.9 Å². The maximum absolute atomic E-state index is 5.48. The summed E-state index contributed by atoms with van der Waals surface area (Å²) in [5.41, 5.74) is 1.99. The first-order chi connectivity index (χ1) is 8.86. The molecule has 5 heteroatoms. The zero-order valence-corrected chi connectivity index (χ0v) is 11.1. The first kappa shape index (κ1) is 14.9. The molecule has 0 fully saturated rings. The third-order valence-corrected chi connectivity index (χ3v) is 2.25. The molecule has 0 amide bonds. The molecule has 0 aromatic carbocycles. The van der Waals surface area contributed by atoms with Gasteiger partial charge in [0.25, 0.3) is 0 Å². The van der Waals surface area contributed by atoms with Crippen LogP contribution in [0.25, 0.3) is 0 Å². The fourth-order valence-electron chi connectivity index (χ4n) is 1.41. The van der Waals surface area contributed by atoms with Crippen LogP contribution in [0.2, 0.25) is 0 Å². The molecule has 0 saturated carbocycles. The minimum Gasteiger partial charge on any atom is -0.385 e. The van der Waals surface area contributed by atoms with Crippen molar-refractivity contribution in [2.45, 2.75) is 13.5 Å². The van der Waals surface area contributed by atoms with Crippen molar-refractivity contribution in [2.75, 3.05) is 45.4 Å². The summed E-state index contributed by atoms with van der Waals surface area (Å²) in [5.74, 6) is 0. The van der Waals surface area contributed by atoms with Crippen LogP contribution in [0.5, 0.6) is 0 Å². The normalized spacial score (nSPS) is 10.6. The molecule has 1 heterocycles. The fourth-order valence-corrected chi connectivity index (χ4v) is 1.41. The Morgan fingerprint density at radius 3 is 2.72 bits per heavy atom. The van der Waals surface area contributed by atoms with Crippen LogP contribution in [0.1, 0.15) is 12.6 Å². The molecule has 0 radical (unpaired) electrons. The van der Waals surface area contributed by atoms with Gasteiger partial charge >= 0.3 is 0 Å². The van der Waals surface area contributed by atoms with Gasteiger partial charge in [0.15, 0.2) is 0 Å². The van der Waals surface area contributed by atoms with Crippen molar-refractivity contribution in [1.82, 2.24) is 4.98 Å². The fraction of sp³-hybridized carbons (Fsp3) is 0.615. The Bertz CT molecular complexity index is 321. The highest BCUT2D eigenvalue weighted by molar-refractivity contribution is 5.42. The molecule has 0 aliphatic heterocycles. The van der Waals surface area contributed by atoms with E-state index in [0.29, 0.717) is 33.0 Å². The van der Waals surface area contributed by atoms with Crippen molar-refractivity contribution in [1.29, 1.82) is 0 Å². The average molecular weight is 254 g/mol. The minimum absolute atomic E-state index is 0.507. The average Bonchev–Trinajstić information content (AvgIpc) is 2.39. The van der Waals surface area contributed by atoms with Crippen LogP contribution in [0.4, 0.5) is 5.69 Å². The topological polar surface area (TPSA) is 52.6 Å². The number of hydrogen-bond acceptors (Lipinski definition) is 5. The van der Waals surface area contributed by atoms with Crippen molar-refractivity contribution in [3.05, 3.63) is 24.0 Å². The van der Waals surface area contributed by atoms with Crippen LogP contribution in [0, 0.1) is 0 Å². The van der Waals surface area contributed by atoms with Gasteiger partial charge in [0.2, 0.25) is 0 Å². The lowest BCUT2D eigenvalue weighted by molar-refractivity contribution is 0.0192. The van der Waals surface area contributed by atoms with Crippen LogP contribution in [-0.2, 0) is 20.8 Å².